The molecule has 0 aliphatic carbocycles. The Balaban J connectivity index is 0.000000190. The molecule has 182 valence electrons. The van der Waals surface area contributed by atoms with Crippen molar-refractivity contribution >= 4 is 11.7 Å². The van der Waals surface area contributed by atoms with Gasteiger partial charge in [-0.25, -0.2) is 14.3 Å². The van der Waals surface area contributed by atoms with Crippen molar-refractivity contribution in [2.45, 2.75) is 32.9 Å². The van der Waals surface area contributed by atoms with Crippen LogP contribution in [-0.2, 0) is 6.42 Å². The van der Waals surface area contributed by atoms with Gasteiger partial charge in [-0.3, -0.25) is 4.79 Å². The van der Waals surface area contributed by atoms with Crippen molar-refractivity contribution in [2.24, 2.45) is 5.92 Å². The van der Waals surface area contributed by atoms with Crippen LogP contribution >= 0.6 is 0 Å². The number of hydrogen-bond acceptors (Lipinski definition) is 4. The molecule has 0 spiro atoms. The van der Waals surface area contributed by atoms with Gasteiger partial charge in [0.25, 0.3) is 5.91 Å². The number of para-hydroxylation sites is 1. The molecule has 2 atom stereocenters. The molecule has 1 amide bonds. The molecule has 2 aliphatic heterocycles. The van der Waals surface area contributed by atoms with Crippen LogP contribution in [0.5, 0.6) is 0 Å². The molecule has 6 nitrogen and oxygen atoms in total. The number of carbonyl (C=O) groups excluding carboxylic acids is 1. The first kappa shape index (κ1) is 25.7. The summed E-state index contributed by atoms with van der Waals surface area (Å²) >= 11 is 0. The summed E-state index contributed by atoms with van der Waals surface area (Å²) in [6.07, 6.45) is 2.65. The number of fused-ring (bicyclic) bond motifs is 1. The van der Waals surface area contributed by atoms with E-state index in [4.69, 9.17) is 5.26 Å². The number of rotatable bonds is 3. The summed E-state index contributed by atoms with van der Waals surface area (Å²) in [4.78, 5) is 15.6. The number of amides is 1. The van der Waals surface area contributed by atoms with Crippen LogP contribution in [0.15, 0.2) is 79.1 Å². The molecular weight excluding hydrogens is 441 g/mol. The Bertz CT molecular complexity index is 1140. The number of alkyl halides is 1. The molecule has 2 aromatic carbocycles. The predicted molar refractivity (Wildman–Crippen MR) is 137 cm³/mol. The van der Waals surface area contributed by atoms with Gasteiger partial charge in [0.1, 0.15) is 12.0 Å². The number of benzene rings is 2. The Morgan fingerprint density at radius 1 is 1.14 bits per heavy atom. The SMILES string of the molecule is C#N.C=C1C(C)Cc2cnn(-c3ccccc3)c2N1CC.O=C(c1ccccc1)N1CCC(F)C1. The van der Waals surface area contributed by atoms with Crippen molar-refractivity contribution in [3.05, 3.63) is 90.3 Å². The summed E-state index contributed by atoms with van der Waals surface area (Å²) in [6.45, 7) is 13.8. The summed E-state index contributed by atoms with van der Waals surface area (Å²) in [7, 11) is 0. The number of anilines is 1. The molecule has 3 aromatic rings. The highest BCUT2D eigenvalue weighted by Crippen LogP contribution is 2.36. The first-order valence-corrected chi connectivity index (χ1v) is 11.8. The van der Waals surface area contributed by atoms with Gasteiger partial charge < -0.3 is 9.80 Å². The van der Waals surface area contributed by atoms with E-state index in [-0.39, 0.29) is 12.5 Å². The number of carbonyl (C=O) groups is 1. The first-order chi connectivity index (χ1) is 17.0. The Kier molecular flexibility index (Phi) is 8.80. The minimum absolute atomic E-state index is 0.0641. The molecule has 1 saturated heterocycles. The second kappa shape index (κ2) is 12.0. The Morgan fingerprint density at radius 2 is 1.77 bits per heavy atom. The molecule has 3 heterocycles. The Hall–Kier alpha value is -3.92. The first-order valence-electron chi connectivity index (χ1n) is 11.8. The summed E-state index contributed by atoms with van der Waals surface area (Å²) in [5.74, 6) is 1.60. The largest absolute Gasteiger partial charge is 0.336 e. The fourth-order valence-electron chi connectivity index (χ4n) is 4.43. The molecule has 2 unspecified atom stereocenters. The fourth-order valence-corrected chi connectivity index (χ4v) is 4.43. The minimum atomic E-state index is -0.845. The summed E-state index contributed by atoms with van der Waals surface area (Å²) < 4.78 is 14.9. The maximum Gasteiger partial charge on any atom is 0.253 e. The highest BCUT2D eigenvalue weighted by molar-refractivity contribution is 5.94. The van der Waals surface area contributed by atoms with E-state index in [2.05, 4.69) is 49.1 Å². The van der Waals surface area contributed by atoms with Gasteiger partial charge in [-0.2, -0.15) is 5.10 Å². The molecule has 0 radical (unpaired) electrons. The molecule has 7 heteroatoms. The van der Waals surface area contributed by atoms with Crippen molar-refractivity contribution < 1.29 is 9.18 Å². The van der Waals surface area contributed by atoms with E-state index in [1.54, 1.807) is 17.0 Å². The lowest BCUT2D eigenvalue weighted by molar-refractivity contribution is 0.0783. The normalized spacial score (nSPS) is 18.6. The zero-order valence-electron chi connectivity index (χ0n) is 20.3. The zero-order valence-corrected chi connectivity index (χ0v) is 20.3. The van der Waals surface area contributed by atoms with E-state index in [9.17, 15) is 9.18 Å². The number of nitrogens with zero attached hydrogens (tertiary/aromatic N) is 5. The maximum absolute atomic E-state index is 12.9. The van der Waals surface area contributed by atoms with Crippen molar-refractivity contribution in [1.82, 2.24) is 14.7 Å². The second-order valence-corrected chi connectivity index (χ2v) is 8.58. The van der Waals surface area contributed by atoms with Crippen LogP contribution in [0.4, 0.5) is 10.2 Å². The average Bonchev–Trinajstić information content (AvgIpc) is 3.53. The summed E-state index contributed by atoms with van der Waals surface area (Å²) in [6, 6.07) is 19.3. The van der Waals surface area contributed by atoms with E-state index in [1.165, 1.54) is 17.1 Å². The van der Waals surface area contributed by atoms with Crippen molar-refractivity contribution in [3.63, 3.8) is 0 Å². The van der Waals surface area contributed by atoms with Gasteiger partial charge in [-0.1, -0.05) is 49.9 Å². The van der Waals surface area contributed by atoms with Crippen LogP contribution < -0.4 is 4.90 Å². The molecule has 35 heavy (non-hydrogen) atoms. The van der Waals surface area contributed by atoms with Crippen LogP contribution in [-0.4, -0.2) is 46.4 Å². The molecule has 0 N–H and O–H groups in total. The third-order valence-electron chi connectivity index (χ3n) is 6.27. The van der Waals surface area contributed by atoms with Crippen LogP contribution in [0.1, 0.15) is 36.2 Å². The van der Waals surface area contributed by atoms with Crippen molar-refractivity contribution in [1.29, 1.82) is 5.26 Å². The molecule has 2 aliphatic rings. The third-order valence-corrected chi connectivity index (χ3v) is 6.27. The van der Waals surface area contributed by atoms with E-state index < -0.39 is 6.17 Å². The highest BCUT2D eigenvalue weighted by Gasteiger charge is 2.29. The van der Waals surface area contributed by atoms with Crippen LogP contribution in [0, 0.1) is 17.8 Å². The average molecular weight is 474 g/mol. The van der Waals surface area contributed by atoms with Gasteiger partial charge in [0.05, 0.1) is 18.4 Å². The zero-order chi connectivity index (χ0) is 25.4. The summed E-state index contributed by atoms with van der Waals surface area (Å²) in [5.41, 5.74) is 4.24. The molecular formula is C28H32FN5O. The van der Waals surface area contributed by atoms with Gasteiger partial charge in [-0.15, -0.1) is 0 Å². The number of aromatic nitrogens is 2. The number of nitriles is 1. The molecule has 1 aromatic heterocycles. The minimum Gasteiger partial charge on any atom is -0.336 e. The van der Waals surface area contributed by atoms with Crippen LogP contribution in [0.2, 0.25) is 0 Å². The Labute approximate surface area is 206 Å². The lowest BCUT2D eigenvalue weighted by Gasteiger charge is -2.34. The van der Waals surface area contributed by atoms with Gasteiger partial charge in [0.15, 0.2) is 0 Å². The lowest BCUT2D eigenvalue weighted by atomic mass is 9.95. The van der Waals surface area contributed by atoms with Crippen molar-refractivity contribution in [3.8, 4) is 12.3 Å². The van der Waals surface area contributed by atoms with E-state index in [0.29, 0.717) is 24.4 Å². The second-order valence-electron chi connectivity index (χ2n) is 8.58. The third kappa shape index (κ3) is 5.78. The van der Waals surface area contributed by atoms with Gasteiger partial charge >= 0.3 is 0 Å². The maximum atomic E-state index is 12.9. The van der Waals surface area contributed by atoms with Crippen LogP contribution in [0.3, 0.4) is 0 Å². The standard InChI is InChI=1S/C16H19N3.C11H12FNO.CHN/c1-4-18-13(3)12(2)10-14-11-17-19(16(14)18)15-8-6-5-7-9-15;12-10-6-7-13(8-10)11(14)9-4-2-1-3-5-9;1-2/h5-9,11-12H,3-4,10H2,1-2H3;1-5,10H,6-8H2;1H. The number of allylic oxidation sites excluding steroid dienone is 1. The van der Waals surface area contributed by atoms with Crippen molar-refractivity contribution in [2.75, 3.05) is 24.5 Å². The van der Waals surface area contributed by atoms with Gasteiger partial charge in [-0.05, 0) is 44.0 Å². The van der Waals surface area contributed by atoms with E-state index in [1.807, 2.05) is 47.3 Å². The number of halogens is 1. The molecule has 0 saturated carbocycles. The van der Waals surface area contributed by atoms with Gasteiger partial charge in [0, 0.05) is 42.4 Å². The molecule has 0 bridgehead atoms. The molecule has 5 rings (SSSR count). The lowest BCUT2D eigenvalue weighted by Crippen LogP contribution is -2.32. The van der Waals surface area contributed by atoms with E-state index >= 15 is 0 Å². The predicted octanol–water partition coefficient (Wildman–Crippen LogP) is 5.41. The van der Waals surface area contributed by atoms with Crippen LogP contribution in [0.25, 0.3) is 5.69 Å². The number of hydrogen-bond donors (Lipinski definition) is 0. The fraction of sp³-hybridized carbons (Fsp3) is 0.321. The topological polar surface area (TPSA) is 65.2 Å². The summed E-state index contributed by atoms with van der Waals surface area (Å²) in [5, 5.41) is 11.1. The van der Waals surface area contributed by atoms with E-state index in [0.717, 1.165) is 18.7 Å². The Morgan fingerprint density at radius 3 is 2.34 bits per heavy atom. The highest BCUT2D eigenvalue weighted by atomic mass is 19.1. The smallest absolute Gasteiger partial charge is 0.253 e. The monoisotopic (exact) mass is 473 g/mol. The quantitative estimate of drug-likeness (QED) is 0.510. The number of likely N-dealkylation sites (tertiary alicyclic amines) is 1. The van der Waals surface area contributed by atoms with Gasteiger partial charge in [0.2, 0.25) is 0 Å². The molecule has 1 fully saturated rings.